The van der Waals surface area contributed by atoms with Crippen LogP contribution in [0.1, 0.15) is 84.5 Å². The highest BCUT2D eigenvalue weighted by atomic mass is 16.6. The van der Waals surface area contributed by atoms with E-state index in [2.05, 4.69) is 45.9 Å². The van der Waals surface area contributed by atoms with Crippen LogP contribution in [-0.4, -0.2) is 61.0 Å². The first kappa shape index (κ1) is 27.5. The number of amides is 1. The molecule has 1 saturated carbocycles. The molecule has 6 heteroatoms. The molecule has 1 amide bonds. The number of carbonyl (C=O) groups is 1. The van der Waals surface area contributed by atoms with E-state index in [9.17, 15) is 4.79 Å². The molecule has 0 aromatic carbocycles. The van der Waals surface area contributed by atoms with Crippen LogP contribution < -0.4 is 10.8 Å². The minimum Gasteiger partial charge on any atom is -0.387 e. The van der Waals surface area contributed by atoms with Crippen LogP contribution in [0, 0.1) is 0 Å². The van der Waals surface area contributed by atoms with E-state index in [1.165, 1.54) is 77.5 Å². The summed E-state index contributed by atoms with van der Waals surface area (Å²) < 4.78 is 0. The SMILES string of the molecule is C/C(=C\C=C(/C)C(=O)NCCCC1(N2CCCN(C)CC2)CCCCC1)ONC1=CCCCC=C1. The van der Waals surface area contributed by atoms with E-state index in [-0.39, 0.29) is 5.91 Å². The van der Waals surface area contributed by atoms with Crippen LogP contribution >= 0.6 is 0 Å². The van der Waals surface area contributed by atoms with Gasteiger partial charge in [0.2, 0.25) is 5.91 Å². The van der Waals surface area contributed by atoms with Gasteiger partial charge in [0.05, 0.1) is 5.70 Å². The summed E-state index contributed by atoms with van der Waals surface area (Å²) in [5.41, 5.74) is 5.01. The summed E-state index contributed by atoms with van der Waals surface area (Å²) in [5, 5.41) is 3.14. The van der Waals surface area contributed by atoms with E-state index in [1.54, 1.807) is 0 Å². The third-order valence-corrected chi connectivity index (χ3v) is 7.77. The number of allylic oxidation sites excluding steroid dienone is 6. The van der Waals surface area contributed by atoms with E-state index < -0.39 is 0 Å². The zero-order valence-corrected chi connectivity index (χ0v) is 22.4. The monoisotopic (exact) mass is 484 g/mol. The summed E-state index contributed by atoms with van der Waals surface area (Å²) in [7, 11) is 2.24. The molecular weight excluding hydrogens is 436 g/mol. The molecule has 3 rings (SSSR count). The number of nitrogens with one attached hydrogen (secondary N) is 2. The van der Waals surface area contributed by atoms with Crippen LogP contribution in [-0.2, 0) is 9.63 Å². The number of rotatable bonds is 10. The Morgan fingerprint density at radius 1 is 1.03 bits per heavy atom. The number of likely N-dealkylation sites (N-methyl/N-ethyl adjacent to an activating group) is 1. The summed E-state index contributed by atoms with van der Waals surface area (Å²) in [5.74, 6) is 0.726. The van der Waals surface area contributed by atoms with Crippen molar-refractivity contribution in [3.05, 3.63) is 47.4 Å². The van der Waals surface area contributed by atoms with Gasteiger partial charge in [0.15, 0.2) is 0 Å². The van der Waals surface area contributed by atoms with Crippen LogP contribution in [0.3, 0.4) is 0 Å². The summed E-state index contributed by atoms with van der Waals surface area (Å²) >= 11 is 0. The van der Waals surface area contributed by atoms with Gasteiger partial charge < -0.3 is 15.1 Å². The minimum atomic E-state index is 0.00510. The van der Waals surface area contributed by atoms with Crippen LogP contribution in [0.15, 0.2) is 47.4 Å². The first-order chi connectivity index (χ1) is 17.0. The topological polar surface area (TPSA) is 56.8 Å². The normalized spacial score (nSPS) is 22.7. The number of hydrogen-bond donors (Lipinski definition) is 2. The van der Waals surface area contributed by atoms with Gasteiger partial charge in [0.1, 0.15) is 5.76 Å². The van der Waals surface area contributed by atoms with Gasteiger partial charge >= 0.3 is 0 Å². The van der Waals surface area contributed by atoms with Gasteiger partial charge in [0.25, 0.3) is 0 Å². The van der Waals surface area contributed by atoms with Crippen molar-refractivity contribution in [2.75, 3.05) is 39.8 Å². The molecule has 1 heterocycles. The molecule has 0 unspecified atom stereocenters. The summed E-state index contributed by atoms with van der Waals surface area (Å²) in [4.78, 5) is 23.5. The van der Waals surface area contributed by atoms with E-state index in [0.717, 1.165) is 37.3 Å². The molecule has 1 saturated heterocycles. The minimum absolute atomic E-state index is 0.00510. The molecule has 0 radical (unpaired) electrons. The number of hydroxylamine groups is 1. The summed E-state index contributed by atoms with van der Waals surface area (Å²) in [6.07, 6.45) is 23.5. The highest BCUT2D eigenvalue weighted by Gasteiger charge is 2.37. The predicted octanol–water partition coefficient (Wildman–Crippen LogP) is 5.22. The summed E-state index contributed by atoms with van der Waals surface area (Å²) in [6, 6.07) is 0. The fourth-order valence-corrected chi connectivity index (χ4v) is 5.55. The van der Waals surface area contributed by atoms with E-state index >= 15 is 0 Å². The fraction of sp³-hybridized carbons (Fsp3) is 0.690. The van der Waals surface area contributed by atoms with Crippen molar-refractivity contribution < 1.29 is 9.63 Å². The van der Waals surface area contributed by atoms with Gasteiger partial charge in [-0.15, -0.1) is 0 Å². The molecule has 0 atom stereocenters. The van der Waals surface area contributed by atoms with E-state index in [0.29, 0.717) is 11.1 Å². The second-order valence-electron chi connectivity index (χ2n) is 10.6. The molecule has 0 bridgehead atoms. The molecule has 0 aromatic rings. The smallest absolute Gasteiger partial charge is 0.246 e. The Morgan fingerprint density at radius 2 is 1.86 bits per heavy atom. The maximum absolute atomic E-state index is 12.6. The Hall–Kier alpha value is -2.05. The average molecular weight is 485 g/mol. The lowest BCUT2D eigenvalue weighted by Crippen LogP contribution is -2.51. The summed E-state index contributed by atoms with van der Waals surface area (Å²) in [6.45, 7) is 9.26. The maximum atomic E-state index is 12.6. The molecule has 0 aromatic heterocycles. The molecule has 0 spiro atoms. The molecule has 196 valence electrons. The Kier molecular flexibility index (Phi) is 11.4. The molecule has 3 aliphatic rings. The Bertz CT molecular complexity index is 793. The van der Waals surface area contributed by atoms with Crippen molar-refractivity contribution in [1.82, 2.24) is 20.6 Å². The van der Waals surface area contributed by atoms with Gasteiger partial charge in [-0.1, -0.05) is 37.5 Å². The van der Waals surface area contributed by atoms with Crippen LogP contribution in [0.5, 0.6) is 0 Å². The van der Waals surface area contributed by atoms with Crippen molar-refractivity contribution >= 4 is 5.91 Å². The van der Waals surface area contributed by atoms with Crippen molar-refractivity contribution in [1.29, 1.82) is 0 Å². The largest absolute Gasteiger partial charge is 0.387 e. The quantitative estimate of drug-likeness (QED) is 0.146. The molecule has 1 aliphatic heterocycles. The van der Waals surface area contributed by atoms with Crippen LogP contribution in [0.4, 0.5) is 0 Å². The van der Waals surface area contributed by atoms with Gasteiger partial charge in [-0.2, -0.15) is 0 Å². The van der Waals surface area contributed by atoms with Crippen molar-refractivity contribution in [2.24, 2.45) is 0 Å². The Labute approximate surface area is 213 Å². The first-order valence-corrected chi connectivity index (χ1v) is 13.9. The van der Waals surface area contributed by atoms with Crippen LogP contribution in [0.25, 0.3) is 0 Å². The molecule has 35 heavy (non-hydrogen) atoms. The fourth-order valence-electron chi connectivity index (χ4n) is 5.55. The van der Waals surface area contributed by atoms with Crippen molar-refractivity contribution in [3.63, 3.8) is 0 Å². The van der Waals surface area contributed by atoms with E-state index in [4.69, 9.17) is 4.84 Å². The zero-order chi connectivity index (χ0) is 24.9. The number of carbonyl (C=O) groups excluding carboxylic acids is 1. The highest BCUT2D eigenvalue weighted by Crippen LogP contribution is 2.38. The zero-order valence-electron chi connectivity index (χ0n) is 22.4. The number of hydrogen-bond acceptors (Lipinski definition) is 5. The van der Waals surface area contributed by atoms with Gasteiger partial charge in [-0.3, -0.25) is 9.69 Å². The highest BCUT2D eigenvalue weighted by molar-refractivity contribution is 5.93. The average Bonchev–Trinajstić information content (AvgIpc) is 3.27. The molecule has 2 aliphatic carbocycles. The molecule has 6 nitrogen and oxygen atoms in total. The van der Waals surface area contributed by atoms with E-state index in [1.807, 2.05) is 26.0 Å². The lowest BCUT2D eigenvalue weighted by atomic mass is 9.77. The van der Waals surface area contributed by atoms with Crippen molar-refractivity contribution in [2.45, 2.75) is 90.0 Å². The third kappa shape index (κ3) is 9.16. The lowest BCUT2D eigenvalue weighted by Gasteiger charge is -2.47. The second-order valence-corrected chi connectivity index (χ2v) is 10.6. The van der Waals surface area contributed by atoms with Gasteiger partial charge in [-0.05, 0) is 97.5 Å². The lowest BCUT2D eigenvalue weighted by molar-refractivity contribution is -0.117. The van der Waals surface area contributed by atoms with Gasteiger partial charge in [-0.25, -0.2) is 5.48 Å². The number of nitrogens with zero attached hydrogens (tertiary/aromatic N) is 2. The van der Waals surface area contributed by atoms with Crippen LogP contribution in [0.2, 0.25) is 0 Å². The maximum Gasteiger partial charge on any atom is 0.246 e. The Balaban J connectivity index is 1.43. The molecular formula is C29H48N4O2. The second kappa shape index (κ2) is 14.5. The standard InChI is InChI=1S/C29H48N4O2/c1-25(15-16-26(2)35-31-27-13-7-4-5-8-14-27)28(34)30-20-11-19-29(17-9-6-10-18-29)33-22-12-21-32(3)23-24-33/h7,13-16,31H,4-6,8-12,17-24H2,1-3H3,(H,30,34)/b25-15+,26-16+. The van der Waals surface area contributed by atoms with Gasteiger partial charge in [0, 0.05) is 30.7 Å². The van der Waals surface area contributed by atoms with Crippen molar-refractivity contribution in [3.8, 4) is 0 Å². The Morgan fingerprint density at radius 3 is 2.69 bits per heavy atom. The molecule has 2 N–H and O–H groups in total. The first-order valence-electron chi connectivity index (χ1n) is 13.9. The third-order valence-electron chi connectivity index (χ3n) is 7.77. The predicted molar refractivity (Wildman–Crippen MR) is 145 cm³/mol. The molecule has 2 fully saturated rings.